The summed E-state index contributed by atoms with van der Waals surface area (Å²) in [7, 11) is 3.58. The highest BCUT2D eigenvalue weighted by Gasteiger charge is 2.18. The van der Waals surface area contributed by atoms with Crippen molar-refractivity contribution in [2.45, 2.75) is 6.54 Å². The Morgan fingerprint density at radius 1 is 1.17 bits per heavy atom. The number of nitrogens with one attached hydrogen (secondary N) is 2. The number of aromatic nitrogens is 5. The molecule has 0 spiro atoms. The number of benzene rings is 2. The number of fused-ring (bicyclic) bond motifs is 1. The number of aromatic amines is 1. The van der Waals surface area contributed by atoms with E-state index in [-0.39, 0.29) is 17.2 Å². The van der Waals surface area contributed by atoms with Crippen LogP contribution in [0.3, 0.4) is 0 Å². The summed E-state index contributed by atoms with van der Waals surface area (Å²) in [5.41, 5.74) is 1.64. The number of H-pyrrole nitrogens is 1. The molecule has 3 N–H and O–H groups in total. The van der Waals surface area contributed by atoms with E-state index < -0.39 is 5.97 Å². The largest absolute Gasteiger partial charge is 0.478 e. The van der Waals surface area contributed by atoms with Gasteiger partial charge in [-0.25, -0.2) is 9.18 Å². The van der Waals surface area contributed by atoms with Crippen LogP contribution in [0, 0.1) is 5.82 Å². The molecular formula is C20H18FN7O2. The van der Waals surface area contributed by atoms with Gasteiger partial charge in [0.1, 0.15) is 11.5 Å². The van der Waals surface area contributed by atoms with Crippen LogP contribution in [-0.4, -0.2) is 50.3 Å². The molecule has 30 heavy (non-hydrogen) atoms. The fourth-order valence-electron chi connectivity index (χ4n) is 2.97. The summed E-state index contributed by atoms with van der Waals surface area (Å²) in [4.78, 5) is 26.4. The van der Waals surface area contributed by atoms with Crippen molar-refractivity contribution in [2.75, 3.05) is 24.3 Å². The van der Waals surface area contributed by atoms with Gasteiger partial charge in [0.25, 0.3) is 0 Å². The van der Waals surface area contributed by atoms with Gasteiger partial charge in [-0.15, -0.1) is 0 Å². The van der Waals surface area contributed by atoms with Crippen LogP contribution in [0.5, 0.6) is 0 Å². The highest BCUT2D eigenvalue weighted by Crippen LogP contribution is 2.27. The summed E-state index contributed by atoms with van der Waals surface area (Å²) in [5, 5.41) is 20.1. The Kier molecular flexibility index (Phi) is 4.97. The van der Waals surface area contributed by atoms with E-state index in [1.54, 1.807) is 43.3 Å². The van der Waals surface area contributed by atoms with Gasteiger partial charge < -0.3 is 15.3 Å². The van der Waals surface area contributed by atoms with Gasteiger partial charge >= 0.3 is 5.97 Å². The molecule has 0 unspecified atom stereocenters. The number of carboxylic acid groups (broad SMARTS) is 1. The number of aromatic carboxylic acids is 1. The molecule has 4 rings (SSSR count). The molecule has 0 atom stereocenters. The third-order valence-electron chi connectivity index (χ3n) is 4.40. The maximum absolute atomic E-state index is 13.4. The van der Waals surface area contributed by atoms with Crippen LogP contribution in [0.15, 0.2) is 42.5 Å². The first-order chi connectivity index (χ1) is 14.4. The number of carboxylic acids is 1. The minimum atomic E-state index is -1.06. The van der Waals surface area contributed by atoms with E-state index in [1.807, 2.05) is 0 Å². The quantitative estimate of drug-likeness (QED) is 0.446. The molecule has 0 saturated heterocycles. The van der Waals surface area contributed by atoms with Crippen molar-refractivity contribution in [2.24, 2.45) is 0 Å². The van der Waals surface area contributed by atoms with Gasteiger partial charge in [-0.1, -0.05) is 24.3 Å². The van der Waals surface area contributed by atoms with Crippen molar-refractivity contribution in [3.05, 3.63) is 59.4 Å². The average molecular weight is 407 g/mol. The third-order valence-corrected chi connectivity index (χ3v) is 4.40. The molecule has 0 saturated carbocycles. The van der Waals surface area contributed by atoms with E-state index >= 15 is 0 Å². The van der Waals surface area contributed by atoms with E-state index in [0.29, 0.717) is 35.0 Å². The Bertz CT molecular complexity index is 1240. The molecule has 0 aliphatic carbocycles. The maximum atomic E-state index is 13.4. The smallest absolute Gasteiger partial charge is 0.337 e. The average Bonchev–Trinajstić information content (AvgIpc) is 3.16. The van der Waals surface area contributed by atoms with Crippen LogP contribution in [0.1, 0.15) is 15.9 Å². The van der Waals surface area contributed by atoms with Crippen molar-refractivity contribution in [3.8, 4) is 11.5 Å². The number of rotatable bonds is 6. The van der Waals surface area contributed by atoms with Crippen LogP contribution >= 0.6 is 0 Å². The summed E-state index contributed by atoms with van der Waals surface area (Å²) in [6.07, 6.45) is 0. The Balaban J connectivity index is 1.74. The zero-order valence-electron chi connectivity index (χ0n) is 16.2. The summed E-state index contributed by atoms with van der Waals surface area (Å²) in [5.74, 6) is -0.412. The monoisotopic (exact) mass is 407 g/mol. The lowest BCUT2D eigenvalue weighted by Gasteiger charge is -2.13. The first-order valence-corrected chi connectivity index (χ1v) is 9.05. The third kappa shape index (κ3) is 3.75. The highest BCUT2D eigenvalue weighted by molar-refractivity contribution is 6.05. The van der Waals surface area contributed by atoms with E-state index in [9.17, 15) is 14.3 Å². The fourth-order valence-corrected chi connectivity index (χ4v) is 2.97. The predicted molar refractivity (Wildman–Crippen MR) is 110 cm³/mol. The van der Waals surface area contributed by atoms with Crippen molar-refractivity contribution in [3.63, 3.8) is 0 Å². The number of anilines is 2. The van der Waals surface area contributed by atoms with Gasteiger partial charge in [0.15, 0.2) is 5.82 Å². The summed E-state index contributed by atoms with van der Waals surface area (Å²) >= 11 is 0. The maximum Gasteiger partial charge on any atom is 0.337 e. The minimum absolute atomic E-state index is 0.109. The molecule has 0 fully saturated rings. The van der Waals surface area contributed by atoms with Crippen molar-refractivity contribution < 1.29 is 14.3 Å². The molecule has 2 aromatic carbocycles. The standard InChI is InChI=1S/C20H18FN7O2/c1-28(2)20-24-17(16-13-7-4-8-14(18(29)30)15(13)26-27-16)23-19(25-20)22-10-11-5-3-6-12(21)9-11/h3-9H,10H2,1-2H3,(H,26,27)(H,29,30)(H,22,23,24,25). The lowest BCUT2D eigenvalue weighted by molar-refractivity contribution is 0.0699. The van der Waals surface area contributed by atoms with Gasteiger partial charge in [-0.05, 0) is 23.8 Å². The number of hydrogen-bond acceptors (Lipinski definition) is 7. The number of halogens is 1. The Hall–Kier alpha value is -4.08. The lowest BCUT2D eigenvalue weighted by atomic mass is 10.1. The Morgan fingerprint density at radius 3 is 2.70 bits per heavy atom. The Morgan fingerprint density at radius 2 is 1.97 bits per heavy atom. The second-order valence-corrected chi connectivity index (χ2v) is 6.77. The molecule has 0 aliphatic rings. The molecule has 2 heterocycles. The van der Waals surface area contributed by atoms with Crippen molar-refractivity contribution >= 4 is 28.8 Å². The van der Waals surface area contributed by atoms with Gasteiger partial charge in [-0.3, -0.25) is 5.10 Å². The van der Waals surface area contributed by atoms with Gasteiger partial charge in [0.2, 0.25) is 11.9 Å². The normalized spacial score (nSPS) is 10.9. The summed E-state index contributed by atoms with van der Waals surface area (Å²) < 4.78 is 13.4. The molecular weight excluding hydrogens is 389 g/mol. The molecule has 0 radical (unpaired) electrons. The summed E-state index contributed by atoms with van der Waals surface area (Å²) in [6, 6.07) is 11.1. The van der Waals surface area contributed by atoms with E-state index in [4.69, 9.17) is 0 Å². The second kappa shape index (κ2) is 7.74. The first-order valence-electron chi connectivity index (χ1n) is 9.05. The molecule has 10 heteroatoms. The van der Waals surface area contributed by atoms with E-state index in [1.165, 1.54) is 18.2 Å². The topological polar surface area (TPSA) is 120 Å². The zero-order chi connectivity index (χ0) is 21.3. The SMILES string of the molecule is CN(C)c1nc(NCc2cccc(F)c2)nc(-c2n[nH]c3c(C(=O)O)cccc23)n1. The van der Waals surface area contributed by atoms with E-state index in [2.05, 4.69) is 30.5 Å². The van der Waals surface area contributed by atoms with Crippen molar-refractivity contribution in [1.82, 2.24) is 25.1 Å². The molecule has 2 aromatic heterocycles. The number of carbonyl (C=O) groups is 1. The minimum Gasteiger partial charge on any atom is -0.478 e. The highest BCUT2D eigenvalue weighted by atomic mass is 19.1. The number of nitrogens with zero attached hydrogens (tertiary/aromatic N) is 5. The van der Waals surface area contributed by atoms with Crippen LogP contribution in [0.25, 0.3) is 22.4 Å². The van der Waals surface area contributed by atoms with Gasteiger partial charge in [0.05, 0.1) is 11.1 Å². The number of para-hydroxylation sites is 1. The predicted octanol–water partition coefficient (Wildman–Crippen LogP) is 2.93. The summed E-state index contributed by atoms with van der Waals surface area (Å²) in [6.45, 7) is 0.318. The van der Waals surface area contributed by atoms with Gasteiger partial charge in [0, 0.05) is 26.0 Å². The fraction of sp³-hybridized carbons (Fsp3) is 0.150. The van der Waals surface area contributed by atoms with Gasteiger partial charge in [-0.2, -0.15) is 20.1 Å². The molecule has 9 nitrogen and oxygen atoms in total. The first kappa shape index (κ1) is 19.2. The molecule has 0 bridgehead atoms. The molecule has 152 valence electrons. The van der Waals surface area contributed by atoms with Crippen LogP contribution < -0.4 is 10.2 Å². The van der Waals surface area contributed by atoms with Crippen LogP contribution in [0.2, 0.25) is 0 Å². The molecule has 0 amide bonds. The number of hydrogen-bond donors (Lipinski definition) is 3. The molecule has 0 aliphatic heterocycles. The van der Waals surface area contributed by atoms with E-state index in [0.717, 1.165) is 5.56 Å². The second-order valence-electron chi connectivity index (χ2n) is 6.77. The van der Waals surface area contributed by atoms with Crippen LogP contribution in [-0.2, 0) is 6.54 Å². The van der Waals surface area contributed by atoms with Crippen LogP contribution in [0.4, 0.5) is 16.3 Å². The van der Waals surface area contributed by atoms with Crippen molar-refractivity contribution in [1.29, 1.82) is 0 Å². The molecule has 4 aromatic rings. The zero-order valence-corrected chi connectivity index (χ0v) is 16.2. The lowest BCUT2D eigenvalue weighted by Crippen LogP contribution is -2.16. The Labute approximate surface area is 170 Å².